The summed E-state index contributed by atoms with van der Waals surface area (Å²) in [6, 6.07) is 10.7. The van der Waals surface area contributed by atoms with E-state index >= 15 is 0 Å². The molecule has 0 bridgehead atoms. The highest BCUT2D eigenvalue weighted by Gasteiger charge is 2.11. The lowest BCUT2D eigenvalue weighted by Crippen LogP contribution is -2.12. The van der Waals surface area contributed by atoms with Crippen LogP contribution in [0.3, 0.4) is 0 Å². The number of carbonyl (C=O) groups excluding carboxylic acids is 1. The van der Waals surface area contributed by atoms with Crippen molar-refractivity contribution < 1.29 is 4.79 Å². The Bertz CT molecular complexity index is 646. The molecule has 0 saturated carbocycles. The molecule has 0 aromatic heterocycles. The Hall–Kier alpha value is -0.360. The van der Waals surface area contributed by atoms with E-state index in [1.54, 1.807) is 24.3 Å². The number of rotatable bonds is 2. The van der Waals surface area contributed by atoms with Gasteiger partial charge < -0.3 is 5.32 Å². The Labute approximate surface area is 140 Å². The summed E-state index contributed by atoms with van der Waals surface area (Å²) >= 11 is 15.9. The zero-order valence-corrected chi connectivity index (χ0v) is 14.9. The summed E-state index contributed by atoms with van der Waals surface area (Å²) in [4.78, 5) is 12.2. The number of halogens is 4. The molecule has 0 saturated heterocycles. The van der Waals surface area contributed by atoms with E-state index in [4.69, 9.17) is 11.6 Å². The Morgan fingerprint density at radius 3 is 2.42 bits per heavy atom. The number of nitrogens with one attached hydrogen (secondary N) is 1. The lowest BCUT2D eigenvalue weighted by molar-refractivity contribution is 0.102. The highest BCUT2D eigenvalue weighted by Crippen LogP contribution is 2.27. The summed E-state index contributed by atoms with van der Waals surface area (Å²) in [6.45, 7) is 0. The molecular formula is C13H7Br3ClNO. The van der Waals surface area contributed by atoms with Crippen molar-refractivity contribution in [2.75, 3.05) is 5.32 Å². The topological polar surface area (TPSA) is 29.1 Å². The molecule has 1 amide bonds. The predicted molar refractivity (Wildman–Crippen MR) is 88.9 cm³/mol. The summed E-state index contributed by atoms with van der Waals surface area (Å²) < 4.78 is 2.32. The highest BCUT2D eigenvalue weighted by atomic mass is 79.9. The van der Waals surface area contributed by atoms with Crippen LogP contribution in [0.1, 0.15) is 10.4 Å². The summed E-state index contributed by atoms with van der Waals surface area (Å²) in [5.41, 5.74) is 1.23. The molecule has 0 radical (unpaired) electrons. The zero-order chi connectivity index (χ0) is 14.0. The molecule has 0 aliphatic rings. The van der Waals surface area contributed by atoms with Gasteiger partial charge in [-0.15, -0.1) is 0 Å². The van der Waals surface area contributed by atoms with Crippen LogP contribution in [0.4, 0.5) is 5.69 Å². The van der Waals surface area contributed by atoms with Crippen molar-refractivity contribution in [3.63, 3.8) is 0 Å². The standard InChI is InChI=1S/C13H7Br3ClNO/c14-7-1-3-10(15)9(5-7)13(19)18-8-2-4-12(17)11(16)6-8/h1-6H,(H,18,19). The Morgan fingerprint density at radius 1 is 1.00 bits per heavy atom. The van der Waals surface area contributed by atoms with Gasteiger partial charge in [0, 0.05) is 19.1 Å². The average molecular weight is 468 g/mol. The number of hydrogen-bond acceptors (Lipinski definition) is 1. The summed E-state index contributed by atoms with van der Waals surface area (Å²) in [6.07, 6.45) is 0. The fraction of sp³-hybridized carbons (Fsp3) is 0. The first kappa shape index (κ1) is 15.0. The molecule has 1 N–H and O–H groups in total. The first-order valence-electron chi connectivity index (χ1n) is 5.19. The second-order valence-corrected chi connectivity index (χ2v) is 6.74. The van der Waals surface area contributed by atoms with Crippen LogP contribution in [0.15, 0.2) is 49.8 Å². The van der Waals surface area contributed by atoms with Crippen LogP contribution in [-0.4, -0.2) is 5.91 Å². The third-order valence-corrected chi connectivity index (χ3v) is 4.75. The van der Waals surface area contributed by atoms with Gasteiger partial charge in [0.25, 0.3) is 5.91 Å². The molecule has 0 unspecified atom stereocenters. The Morgan fingerprint density at radius 2 is 1.74 bits per heavy atom. The number of benzene rings is 2. The minimum atomic E-state index is -0.192. The Kier molecular flexibility index (Phi) is 5.06. The van der Waals surface area contributed by atoms with E-state index in [9.17, 15) is 4.79 Å². The van der Waals surface area contributed by atoms with E-state index in [2.05, 4.69) is 53.1 Å². The van der Waals surface area contributed by atoms with Crippen molar-refractivity contribution in [3.8, 4) is 0 Å². The number of anilines is 1. The molecular weight excluding hydrogens is 461 g/mol. The van der Waals surface area contributed by atoms with Gasteiger partial charge in [0.2, 0.25) is 0 Å². The maximum Gasteiger partial charge on any atom is 0.256 e. The second-order valence-electron chi connectivity index (χ2n) is 3.71. The van der Waals surface area contributed by atoms with E-state index in [1.165, 1.54) is 0 Å². The van der Waals surface area contributed by atoms with Gasteiger partial charge in [0.05, 0.1) is 10.6 Å². The first-order valence-corrected chi connectivity index (χ1v) is 7.94. The van der Waals surface area contributed by atoms with Crippen LogP contribution in [0.25, 0.3) is 0 Å². The van der Waals surface area contributed by atoms with Gasteiger partial charge in [-0.1, -0.05) is 27.5 Å². The molecule has 0 atom stereocenters. The SMILES string of the molecule is O=C(Nc1ccc(Cl)c(Br)c1)c1cc(Br)ccc1Br. The van der Waals surface area contributed by atoms with E-state index in [0.717, 1.165) is 13.4 Å². The largest absolute Gasteiger partial charge is 0.322 e. The van der Waals surface area contributed by atoms with Crippen molar-refractivity contribution in [3.05, 3.63) is 60.4 Å². The number of amides is 1. The molecule has 98 valence electrons. The van der Waals surface area contributed by atoms with Crippen molar-refractivity contribution in [1.82, 2.24) is 0 Å². The average Bonchev–Trinajstić information content (AvgIpc) is 2.36. The molecule has 19 heavy (non-hydrogen) atoms. The molecule has 6 heteroatoms. The van der Waals surface area contributed by atoms with Gasteiger partial charge in [-0.25, -0.2) is 0 Å². The molecule has 0 aliphatic carbocycles. The van der Waals surface area contributed by atoms with Crippen molar-refractivity contribution in [1.29, 1.82) is 0 Å². The van der Waals surface area contributed by atoms with Gasteiger partial charge in [-0.05, 0) is 68.3 Å². The van der Waals surface area contributed by atoms with Crippen LogP contribution in [0.5, 0.6) is 0 Å². The molecule has 2 aromatic rings. The van der Waals surface area contributed by atoms with Gasteiger partial charge in [-0.2, -0.15) is 0 Å². The van der Waals surface area contributed by atoms with E-state index in [1.807, 2.05) is 12.1 Å². The molecule has 2 nitrogen and oxygen atoms in total. The molecule has 2 rings (SSSR count). The molecule has 0 aliphatic heterocycles. The lowest BCUT2D eigenvalue weighted by Gasteiger charge is -2.08. The van der Waals surface area contributed by atoms with Gasteiger partial charge in [0.15, 0.2) is 0 Å². The fourth-order valence-electron chi connectivity index (χ4n) is 1.44. The molecule has 0 fully saturated rings. The van der Waals surface area contributed by atoms with E-state index < -0.39 is 0 Å². The smallest absolute Gasteiger partial charge is 0.256 e. The van der Waals surface area contributed by atoms with Crippen molar-refractivity contribution >= 4 is 71.0 Å². The highest BCUT2D eigenvalue weighted by molar-refractivity contribution is 9.11. The monoisotopic (exact) mass is 465 g/mol. The minimum Gasteiger partial charge on any atom is -0.322 e. The lowest BCUT2D eigenvalue weighted by atomic mass is 10.2. The van der Waals surface area contributed by atoms with Crippen molar-refractivity contribution in [2.45, 2.75) is 0 Å². The van der Waals surface area contributed by atoms with E-state index in [-0.39, 0.29) is 5.91 Å². The van der Waals surface area contributed by atoms with Crippen LogP contribution in [-0.2, 0) is 0 Å². The maximum atomic E-state index is 12.2. The summed E-state index contributed by atoms with van der Waals surface area (Å²) in [5, 5.41) is 3.41. The third kappa shape index (κ3) is 3.81. The maximum absolute atomic E-state index is 12.2. The van der Waals surface area contributed by atoms with Crippen molar-refractivity contribution in [2.24, 2.45) is 0 Å². The normalized spacial score (nSPS) is 10.3. The Balaban J connectivity index is 2.25. The van der Waals surface area contributed by atoms with Crippen LogP contribution in [0, 0.1) is 0 Å². The summed E-state index contributed by atoms with van der Waals surface area (Å²) in [5.74, 6) is -0.192. The molecule has 0 heterocycles. The summed E-state index contributed by atoms with van der Waals surface area (Å²) in [7, 11) is 0. The second kappa shape index (κ2) is 6.39. The zero-order valence-electron chi connectivity index (χ0n) is 9.38. The van der Waals surface area contributed by atoms with Gasteiger partial charge in [-0.3, -0.25) is 4.79 Å². The van der Waals surface area contributed by atoms with Crippen LogP contribution < -0.4 is 5.32 Å². The number of hydrogen-bond donors (Lipinski definition) is 1. The van der Waals surface area contributed by atoms with Gasteiger partial charge >= 0.3 is 0 Å². The molecule has 0 spiro atoms. The number of carbonyl (C=O) groups is 1. The fourth-order valence-corrected chi connectivity index (χ4v) is 2.73. The van der Waals surface area contributed by atoms with Crippen LogP contribution in [0.2, 0.25) is 5.02 Å². The van der Waals surface area contributed by atoms with Crippen LogP contribution >= 0.6 is 59.4 Å². The first-order chi connectivity index (χ1) is 8.97. The quantitative estimate of drug-likeness (QED) is 0.586. The molecule has 2 aromatic carbocycles. The predicted octanol–water partition coefficient (Wildman–Crippen LogP) is 5.88. The third-order valence-electron chi connectivity index (χ3n) is 2.35. The van der Waals surface area contributed by atoms with E-state index in [0.29, 0.717) is 16.3 Å². The minimum absolute atomic E-state index is 0.192. The van der Waals surface area contributed by atoms with Gasteiger partial charge in [0.1, 0.15) is 0 Å².